The maximum atomic E-state index is 12.2. The summed E-state index contributed by atoms with van der Waals surface area (Å²) in [4.78, 5) is 28.3. The third-order valence-electron chi connectivity index (χ3n) is 4.63. The van der Waals surface area contributed by atoms with Crippen molar-refractivity contribution in [2.45, 2.75) is 45.4 Å². The van der Waals surface area contributed by atoms with Gasteiger partial charge in [0.2, 0.25) is 11.8 Å². The second-order valence-corrected chi connectivity index (χ2v) is 7.81. The van der Waals surface area contributed by atoms with Crippen LogP contribution in [-0.2, 0) is 9.59 Å². The molecule has 0 aliphatic carbocycles. The van der Waals surface area contributed by atoms with Crippen molar-refractivity contribution in [1.29, 1.82) is 0 Å². The highest BCUT2D eigenvalue weighted by molar-refractivity contribution is 7.22. The third-order valence-corrected chi connectivity index (χ3v) is 5.57. The molecule has 3 rings (SSSR count). The first kappa shape index (κ1) is 21.6. The first-order valence-corrected chi connectivity index (χ1v) is 10.2. The Labute approximate surface area is 169 Å². The molecule has 0 saturated carbocycles. The molecule has 0 unspecified atom stereocenters. The Bertz CT molecular complexity index is 774. The van der Waals surface area contributed by atoms with Gasteiger partial charge in [-0.3, -0.25) is 9.59 Å². The van der Waals surface area contributed by atoms with Crippen LogP contribution in [0, 0.1) is 5.92 Å². The zero-order valence-electron chi connectivity index (χ0n) is 15.5. The number of hydrogen-bond acceptors (Lipinski definition) is 5. The number of nitrogens with zero attached hydrogens (tertiary/aromatic N) is 1. The number of hydrogen-bond donors (Lipinski definition) is 3. The molecule has 1 fully saturated rings. The molecule has 1 aliphatic heterocycles. The molecule has 1 saturated heterocycles. The number of carbonyl (C=O) groups is 2. The third kappa shape index (κ3) is 6.45. The Morgan fingerprint density at radius 3 is 2.67 bits per heavy atom. The van der Waals surface area contributed by atoms with Gasteiger partial charge in [0.05, 0.1) is 10.2 Å². The molecule has 1 aromatic carbocycles. The van der Waals surface area contributed by atoms with Crippen molar-refractivity contribution in [2.24, 2.45) is 5.92 Å². The first-order valence-electron chi connectivity index (χ1n) is 9.35. The highest BCUT2D eigenvalue weighted by atomic mass is 35.5. The largest absolute Gasteiger partial charge is 0.326 e. The molecule has 8 heteroatoms. The summed E-state index contributed by atoms with van der Waals surface area (Å²) >= 11 is 1.43. The van der Waals surface area contributed by atoms with Gasteiger partial charge in [-0.15, -0.1) is 12.4 Å². The topological polar surface area (TPSA) is 83.1 Å². The highest BCUT2D eigenvalue weighted by Crippen LogP contribution is 2.28. The lowest BCUT2D eigenvalue weighted by Gasteiger charge is -2.22. The van der Waals surface area contributed by atoms with E-state index in [0.717, 1.165) is 54.7 Å². The van der Waals surface area contributed by atoms with Crippen molar-refractivity contribution in [2.75, 3.05) is 23.7 Å². The Kier molecular flexibility index (Phi) is 8.47. The Morgan fingerprint density at radius 2 is 1.93 bits per heavy atom. The predicted molar refractivity (Wildman–Crippen MR) is 114 cm³/mol. The number of piperidine rings is 1. The molecule has 0 atom stereocenters. The average Bonchev–Trinajstić information content (AvgIpc) is 3.02. The van der Waals surface area contributed by atoms with Crippen LogP contribution < -0.4 is 16.0 Å². The molecule has 27 heavy (non-hydrogen) atoms. The smallest absolute Gasteiger partial charge is 0.226 e. The van der Waals surface area contributed by atoms with E-state index in [1.54, 1.807) is 0 Å². The van der Waals surface area contributed by atoms with Gasteiger partial charge in [-0.2, -0.15) is 0 Å². The van der Waals surface area contributed by atoms with Gasteiger partial charge >= 0.3 is 0 Å². The molecular weight excluding hydrogens is 384 g/mol. The van der Waals surface area contributed by atoms with Crippen LogP contribution in [0.3, 0.4) is 0 Å². The summed E-state index contributed by atoms with van der Waals surface area (Å²) in [6.45, 7) is 4.09. The van der Waals surface area contributed by atoms with Crippen LogP contribution in [0.2, 0.25) is 0 Å². The number of carbonyl (C=O) groups excluding carboxylic acids is 2. The normalized spacial score (nSPS) is 14.6. The summed E-state index contributed by atoms with van der Waals surface area (Å²) in [5, 5.41) is 9.76. The Balaban J connectivity index is 0.00000261. The number of fused-ring (bicyclic) bond motifs is 1. The van der Waals surface area contributed by atoms with Gasteiger partial charge < -0.3 is 16.0 Å². The van der Waals surface area contributed by atoms with Crippen molar-refractivity contribution < 1.29 is 9.59 Å². The van der Waals surface area contributed by atoms with Crippen molar-refractivity contribution in [1.82, 2.24) is 10.3 Å². The Morgan fingerprint density at radius 1 is 1.19 bits per heavy atom. The van der Waals surface area contributed by atoms with Crippen LogP contribution in [0.15, 0.2) is 18.2 Å². The van der Waals surface area contributed by atoms with Crippen LogP contribution in [-0.4, -0.2) is 29.9 Å². The number of anilines is 2. The lowest BCUT2D eigenvalue weighted by Crippen LogP contribution is -2.28. The van der Waals surface area contributed by atoms with E-state index >= 15 is 0 Å². The summed E-state index contributed by atoms with van der Waals surface area (Å²) in [5.41, 5.74) is 1.61. The molecule has 0 spiro atoms. The molecule has 2 aromatic rings. The van der Waals surface area contributed by atoms with E-state index in [1.165, 1.54) is 11.3 Å². The Hall–Kier alpha value is -1.70. The van der Waals surface area contributed by atoms with Crippen LogP contribution in [0.4, 0.5) is 10.8 Å². The molecule has 2 heterocycles. The minimum absolute atomic E-state index is 0. The van der Waals surface area contributed by atoms with Gasteiger partial charge in [0.25, 0.3) is 0 Å². The molecule has 148 valence electrons. The van der Waals surface area contributed by atoms with Crippen LogP contribution in [0.25, 0.3) is 10.2 Å². The molecule has 0 radical (unpaired) electrons. The molecule has 3 N–H and O–H groups in total. The second kappa shape index (κ2) is 10.6. The number of thiazole rings is 1. The molecule has 6 nitrogen and oxygen atoms in total. The number of halogens is 1. The van der Waals surface area contributed by atoms with E-state index in [9.17, 15) is 9.59 Å². The van der Waals surface area contributed by atoms with Crippen LogP contribution in [0.5, 0.6) is 0 Å². The van der Waals surface area contributed by atoms with E-state index in [4.69, 9.17) is 0 Å². The molecule has 1 aliphatic rings. The van der Waals surface area contributed by atoms with Gasteiger partial charge in [0.15, 0.2) is 5.13 Å². The standard InChI is InChI=1S/C19H26N4O2S.ClH/c1-2-3-17(24)23-19-22-15-6-5-14(12-16(15)26-19)21-18(25)7-4-13-8-10-20-11-9-13;/h5-6,12-13,20H,2-4,7-11H2,1H3,(H,21,25)(H,22,23,24);1H. The molecule has 0 bridgehead atoms. The number of nitrogens with one attached hydrogen (secondary N) is 3. The van der Waals surface area contributed by atoms with Gasteiger partial charge in [0.1, 0.15) is 0 Å². The molecule has 1 aromatic heterocycles. The van der Waals surface area contributed by atoms with E-state index in [0.29, 0.717) is 23.9 Å². The lowest BCUT2D eigenvalue weighted by atomic mass is 9.93. The highest BCUT2D eigenvalue weighted by Gasteiger charge is 2.15. The van der Waals surface area contributed by atoms with E-state index in [-0.39, 0.29) is 24.2 Å². The summed E-state index contributed by atoms with van der Waals surface area (Å²) < 4.78 is 0.952. The predicted octanol–water partition coefficient (Wildman–Crippen LogP) is 4.18. The zero-order chi connectivity index (χ0) is 18.4. The average molecular weight is 411 g/mol. The zero-order valence-corrected chi connectivity index (χ0v) is 17.2. The number of aromatic nitrogens is 1. The van der Waals surface area contributed by atoms with Crippen LogP contribution in [0.1, 0.15) is 45.4 Å². The van der Waals surface area contributed by atoms with Gasteiger partial charge in [0, 0.05) is 18.5 Å². The summed E-state index contributed by atoms with van der Waals surface area (Å²) in [6.07, 6.45) is 5.13. The number of rotatable bonds is 7. The summed E-state index contributed by atoms with van der Waals surface area (Å²) in [5.74, 6) is 0.696. The van der Waals surface area contributed by atoms with Gasteiger partial charge in [-0.05, 0) is 62.9 Å². The van der Waals surface area contributed by atoms with Gasteiger partial charge in [-0.1, -0.05) is 18.3 Å². The second-order valence-electron chi connectivity index (χ2n) is 6.78. The lowest BCUT2D eigenvalue weighted by molar-refractivity contribution is -0.117. The van der Waals surface area contributed by atoms with Crippen molar-refractivity contribution >= 4 is 56.6 Å². The van der Waals surface area contributed by atoms with E-state index < -0.39 is 0 Å². The summed E-state index contributed by atoms with van der Waals surface area (Å²) in [6, 6.07) is 5.66. The maximum absolute atomic E-state index is 12.2. The fourth-order valence-electron chi connectivity index (χ4n) is 3.19. The van der Waals surface area contributed by atoms with Crippen molar-refractivity contribution in [3.63, 3.8) is 0 Å². The van der Waals surface area contributed by atoms with Crippen molar-refractivity contribution in [3.8, 4) is 0 Å². The molecular formula is C19H27ClN4O2S. The summed E-state index contributed by atoms with van der Waals surface area (Å²) in [7, 11) is 0. The fraction of sp³-hybridized carbons (Fsp3) is 0.526. The van der Waals surface area contributed by atoms with Crippen LogP contribution >= 0.6 is 23.7 Å². The number of benzene rings is 1. The minimum atomic E-state index is -0.0157. The number of amides is 2. The maximum Gasteiger partial charge on any atom is 0.226 e. The van der Waals surface area contributed by atoms with Gasteiger partial charge in [-0.25, -0.2) is 4.98 Å². The fourth-order valence-corrected chi connectivity index (χ4v) is 4.12. The SMILES string of the molecule is CCCC(=O)Nc1nc2ccc(NC(=O)CCC3CCNCC3)cc2s1.Cl. The van der Waals surface area contributed by atoms with E-state index in [1.807, 2.05) is 25.1 Å². The van der Waals surface area contributed by atoms with Crippen molar-refractivity contribution in [3.05, 3.63) is 18.2 Å². The quantitative estimate of drug-likeness (QED) is 0.639. The molecule has 2 amide bonds. The monoisotopic (exact) mass is 410 g/mol. The first-order chi connectivity index (χ1) is 12.6. The minimum Gasteiger partial charge on any atom is -0.326 e. The van der Waals surface area contributed by atoms with E-state index in [2.05, 4.69) is 20.9 Å².